The van der Waals surface area contributed by atoms with Gasteiger partial charge in [0.1, 0.15) is 6.10 Å². The quantitative estimate of drug-likeness (QED) is 0.524. The molecule has 0 saturated carbocycles. The number of nitrogens with zero attached hydrogens (tertiary/aromatic N) is 1. The fourth-order valence-corrected chi connectivity index (χ4v) is 3.54. The molecule has 0 radical (unpaired) electrons. The van der Waals surface area contributed by atoms with Gasteiger partial charge < -0.3 is 20.6 Å². The molecule has 158 valence electrons. The highest BCUT2D eigenvalue weighted by Gasteiger charge is 2.53. The third-order valence-electron chi connectivity index (χ3n) is 5.22. The van der Waals surface area contributed by atoms with Gasteiger partial charge in [0.25, 0.3) is 11.8 Å². The van der Waals surface area contributed by atoms with Crippen molar-refractivity contribution in [1.29, 1.82) is 0 Å². The van der Waals surface area contributed by atoms with E-state index in [9.17, 15) is 19.8 Å². The predicted molar refractivity (Wildman–Crippen MR) is 114 cm³/mol. The van der Waals surface area contributed by atoms with E-state index in [2.05, 4.69) is 5.32 Å². The molecule has 4 N–H and O–H groups in total. The molecule has 0 aliphatic carbocycles. The Labute approximate surface area is 175 Å². The minimum absolute atomic E-state index is 0.0299. The first-order valence-corrected chi connectivity index (χ1v) is 9.83. The summed E-state index contributed by atoms with van der Waals surface area (Å²) in [6.45, 7) is 3.05. The number of carbonyl (C=O) groups excluding carboxylic acids is 2. The van der Waals surface area contributed by atoms with Crippen LogP contribution in [0.2, 0.25) is 0 Å². The fraction of sp³-hybridized carbons (Fsp3) is 0.304. The van der Waals surface area contributed by atoms with Crippen LogP contribution in [0.15, 0.2) is 60.7 Å². The summed E-state index contributed by atoms with van der Waals surface area (Å²) >= 11 is 0. The standard InChI is InChI=1S/C23H26N2O5/c1-15(8-6-7-13-26)23(30)19-14-17(24-21(28)16(2)27)11-12-20(19)25(22(23)29)18-9-4-3-5-10-18/h3-6,8-12,14-16,26-27,30H,7,13H2,1-2H3,(H,24,28)/b8-6+/t15-,16+,23+/m1/s1. The molecule has 1 aliphatic rings. The van der Waals surface area contributed by atoms with Crippen LogP contribution in [0.25, 0.3) is 0 Å². The van der Waals surface area contributed by atoms with Crippen molar-refractivity contribution >= 4 is 28.9 Å². The van der Waals surface area contributed by atoms with E-state index >= 15 is 0 Å². The second-order valence-corrected chi connectivity index (χ2v) is 7.37. The molecule has 1 heterocycles. The first-order chi connectivity index (χ1) is 14.3. The Bertz CT molecular complexity index is 957. The molecule has 0 saturated heterocycles. The number of rotatable bonds is 7. The van der Waals surface area contributed by atoms with E-state index in [1.807, 2.05) is 18.2 Å². The van der Waals surface area contributed by atoms with Crippen LogP contribution in [-0.2, 0) is 15.2 Å². The maximum atomic E-state index is 13.5. The summed E-state index contributed by atoms with van der Waals surface area (Å²) in [5, 5.41) is 32.7. The van der Waals surface area contributed by atoms with E-state index in [0.29, 0.717) is 29.0 Å². The second kappa shape index (κ2) is 8.79. The Morgan fingerprint density at radius 3 is 2.53 bits per heavy atom. The molecule has 2 aromatic carbocycles. The minimum Gasteiger partial charge on any atom is -0.396 e. The average molecular weight is 410 g/mol. The number of nitrogens with one attached hydrogen (secondary N) is 1. The number of para-hydroxylation sites is 1. The number of aliphatic hydroxyl groups excluding tert-OH is 2. The van der Waals surface area contributed by atoms with Gasteiger partial charge in [-0.1, -0.05) is 37.3 Å². The Morgan fingerprint density at radius 2 is 1.90 bits per heavy atom. The van der Waals surface area contributed by atoms with Gasteiger partial charge >= 0.3 is 0 Å². The summed E-state index contributed by atoms with van der Waals surface area (Å²) in [7, 11) is 0. The number of hydrogen-bond donors (Lipinski definition) is 4. The summed E-state index contributed by atoms with van der Waals surface area (Å²) in [6.07, 6.45) is 2.64. The fourth-order valence-electron chi connectivity index (χ4n) is 3.54. The van der Waals surface area contributed by atoms with Gasteiger partial charge in [0, 0.05) is 29.5 Å². The zero-order chi connectivity index (χ0) is 21.9. The van der Waals surface area contributed by atoms with Crippen molar-refractivity contribution in [2.75, 3.05) is 16.8 Å². The van der Waals surface area contributed by atoms with Crippen molar-refractivity contribution in [3.8, 4) is 0 Å². The van der Waals surface area contributed by atoms with Gasteiger partial charge in [0.05, 0.1) is 5.69 Å². The van der Waals surface area contributed by atoms with Crippen LogP contribution in [0.3, 0.4) is 0 Å². The molecule has 3 rings (SSSR count). The van der Waals surface area contributed by atoms with Crippen molar-refractivity contribution in [3.05, 3.63) is 66.2 Å². The van der Waals surface area contributed by atoms with Crippen LogP contribution in [0.1, 0.15) is 25.8 Å². The highest BCUT2D eigenvalue weighted by atomic mass is 16.3. The van der Waals surface area contributed by atoms with Crippen LogP contribution < -0.4 is 10.2 Å². The summed E-state index contributed by atoms with van der Waals surface area (Å²) < 4.78 is 0. The first-order valence-electron chi connectivity index (χ1n) is 9.83. The predicted octanol–water partition coefficient (Wildman–Crippen LogP) is 2.45. The van der Waals surface area contributed by atoms with Gasteiger partial charge in [-0.15, -0.1) is 0 Å². The molecular formula is C23H26N2O5. The van der Waals surface area contributed by atoms with E-state index in [0.717, 1.165) is 0 Å². The highest BCUT2D eigenvalue weighted by Crippen LogP contribution is 2.49. The van der Waals surface area contributed by atoms with Crippen molar-refractivity contribution in [3.63, 3.8) is 0 Å². The van der Waals surface area contributed by atoms with Crippen LogP contribution in [0.4, 0.5) is 17.1 Å². The molecule has 0 spiro atoms. The molecule has 30 heavy (non-hydrogen) atoms. The van der Waals surface area contributed by atoms with Gasteiger partial charge in [0.2, 0.25) is 0 Å². The Hall–Kier alpha value is -3.00. The summed E-state index contributed by atoms with van der Waals surface area (Å²) in [6, 6.07) is 13.9. The third-order valence-corrected chi connectivity index (χ3v) is 5.22. The number of benzene rings is 2. The molecular weight excluding hydrogens is 384 g/mol. The normalized spacial score (nSPS) is 20.3. The van der Waals surface area contributed by atoms with Crippen LogP contribution in [0.5, 0.6) is 0 Å². The lowest BCUT2D eigenvalue weighted by Gasteiger charge is -2.27. The average Bonchev–Trinajstić information content (AvgIpc) is 2.96. The van der Waals surface area contributed by atoms with Gasteiger partial charge in [-0.2, -0.15) is 0 Å². The number of aliphatic hydroxyl groups is 3. The largest absolute Gasteiger partial charge is 0.396 e. The smallest absolute Gasteiger partial charge is 0.268 e. The first kappa shape index (κ1) is 21.7. The van der Waals surface area contributed by atoms with E-state index < -0.39 is 29.4 Å². The summed E-state index contributed by atoms with van der Waals surface area (Å²) in [5.41, 5.74) is 0.00856. The Morgan fingerprint density at radius 1 is 1.20 bits per heavy atom. The van der Waals surface area contributed by atoms with Crippen molar-refractivity contribution in [2.24, 2.45) is 5.92 Å². The van der Waals surface area contributed by atoms with Gasteiger partial charge in [-0.25, -0.2) is 0 Å². The maximum absolute atomic E-state index is 13.5. The molecule has 7 nitrogen and oxygen atoms in total. The topological polar surface area (TPSA) is 110 Å². The summed E-state index contributed by atoms with van der Waals surface area (Å²) in [5.74, 6) is -1.67. The lowest BCUT2D eigenvalue weighted by molar-refractivity contribution is -0.138. The SMILES string of the molecule is C[C@H](O)C(=O)Nc1ccc2c(c1)[C@@](O)([C@H](C)/C=C/CCO)C(=O)N2c1ccccc1. The molecule has 2 amide bonds. The van der Waals surface area contributed by atoms with E-state index in [4.69, 9.17) is 5.11 Å². The molecule has 1 aliphatic heterocycles. The van der Waals surface area contributed by atoms with Gasteiger partial charge in [-0.3, -0.25) is 14.5 Å². The molecule has 0 unspecified atom stereocenters. The zero-order valence-electron chi connectivity index (χ0n) is 16.9. The number of hydrogen-bond acceptors (Lipinski definition) is 5. The molecule has 7 heteroatoms. The molecule has 2 aromatic rings. The van der Waals surface area contributed by atoms with E-state index in [1.165, 1.54) is 11.8 Å². The lowest BCUT2D eigenvalue weighted by atomic mass is 9.82. The van der Waals surface area contributed by atoms with Gasteiger partial charge in [-0.05, 0) is 43.7 Å². The maximum Gasteiger partial charge on any atom is 0.268 e. The molecule has 0 bridgehead atoms. The lowest BCUT2D eigenvalue weighted by Crippen LogP contribution is -2.42. The highest BCUT2D eigenvalue weighted by molar-refractivity contribution is 6.12. The van der Waals surface area contributed by atoms with E-state index in [-0.39, 0.29) is 6.61 Å². The monoisotopic (exact) mass is 410 g/mol. The van der Waals surface area contributed by atoms with Crippen LogP contribution >= 0.6 is 0 Å². The van der Waals surface area contributed by atoms with Crippen LogP contribution in [0, 0.1) is 5.92 Å². The molecule has 0 aromatic heterocycles. The van der Waals surface area contributed by atoms with E-state index in [1.54, 1.807) is 49.4 Å². The number of amides is 2. The van der Waals surface area contributed by atoms with Crippen molar-refractivity contribution in [2.45, 2.75) is 32.0 Å². The minimum atomic E-state index is -1.86. The number of fused-ring (bicyclic) bond motifs is 1. The Balaban J connectivity index is 2.10. The van der Waals surface area contributed by atoms with Crippen molar-refractivity contribution in [1.82, 2.24) is 0 Å². The molecule has 0 fully saturated rings. The van der Waals surface area contributed by atoms with Crippen LogP contribution in [-0.4, -0.2) is 39.8 Å². The third kappa shape index (κ3) is 3.87. The van der Waals surface area contributed by atoms with Gasteiger partial charge in [0.15, 0.2) is 5.60 Å². The zero-order valence-corrected chi connectivity index (χ0v) is 16.9. The molecule has 3 atom stereocenters. The second-order valence-electron chi connectivity index (χ2n) is 7.37. The summed E-state index contributed by atoms with van der Waals surface area (Å²) in [4.78, 5) is 26.8. The Kier molecular flexibility index (Phi) is 6.36. The number of carbonyl (C=O) groups is 2. The van der Waals surface area contributed by atoms with Crippen molar-refractivity contribution < 1.29 is 24.9 Å². The number of anilines is 3.